The Bertz CT molecular complexity index is 984. The molecule has 0 radical (unpaired) electrons. The molecule has 168 valence electrons. The molecule has 1 aliphatic rings. The van der Waals surface area contributed by atoms with E-state index in [1.54, 1.807) is 18.2 Å². The van der Waals surface area contributed by atoms with Crippen molar-refractivity contribution in [2.75, 3.05) is 6.54 Å². The lowest BCUT2D eigenvalue weighted by atomic mass is 10.2. The van der Waals surface area contributed by atoms with Crippen molar-refractivity contribution in [1.82, 2.24) is 5.32 Å². The highest BCUT2D eigenvalue weighted by Crippen LogP contribution is 2.51. The first-order valence-corrected chi connectivity index (χ1v) is 11.9. The number of carbonyl (C=O) groups is 1. The Hall–Kier alpha value is -3.24. The van der Waals surface area contributed by atoms with Crippen molar-refractivity contribution in [3.8, 4) is 17.2 Å². The Kier molecular flexibility index (Phi) is 7.96. The summed E-state index contributed by atoms with van der Waals surface area (Å²) in [5.41, 5.74) is 2.53. The predicted molar refractivity (Wildman–Crippen MR) is 125 cm³/mol. The SMILES string of the molecule is Cc1ccccc1OP(=O)(Oc1ccccc1C)Oc1ccccc1C.O=C1CCCN1. The highest BCUT2D eigenvalue weighted by molar-refractivity contribution is 7.49. The molecular weight excluding hydrogens is 425 g/mol. The number of benzene rings is 3. The molecule has 3 aromatic carbocycles. The molecule has 1 amide bonds. The average molecular weight is 453 g/mol. The second-order valence-corrected chi connectivity index (χ2v) is 8.91. The molecule has 1 heterocycles. The fourth-order valence-electron chi connectivity index (χ4n) is 2.96. The molecule has 4 rings (SSSR count). The number of phosphoric ester groups is 1. The lowest BCUT2D eigenvalue weighted by molar-refractivity contribution is -0.119. The van der Waals surface area contributed by atoms with Gasteiger partial charge in [-0.25, -0.2) is 0 Å². The Morgan fingerprint density at radius 3 is 1.31 bits per heavy atom. The van der Waals surface area contributed by atoms with E-state index in [9.17, 15) is 9.36 Å². The Morgan fingerprint density at radius 2 is 1.06 bits per heavy atom. The summed E-state index contributed by atoms with van der Waals surface area (Å²) >= 11 is 0. The van der Waals surface area contributed by atoms with Gasteiger partial charge in [0, 0.05) is 13.0 Å². The minimum absolute atomic E-state index is 0.204. The van der Waals surface area contributed by atoms with Crippen LogP contribution in [0.3, 0.4) is 0 Å². The van der Waals surface area contributed by atoms with Crippen molar-refractivity contribution >= 4 is 13.7 Å². The van der Waals surface area contributed by atoms with Crippen LogP contribution in [-0.2, 0) is 9.36 Å². The van der Waals surface area contributed by atoms with Gasteiger partial charge in [-0.1, -0.05) is 54.6 Å². The van der Waals surface area contributed by atoms with Crippen LogP contribution in [0.25, 0.3) is 0 Å². The summed E-state index contributed by atoms with van der Waals surface area (Å²) < 4.78 is 30.8. The first-order chi connectivity index (χ1) is 15.4. The van der Waals surface area contributed by atoms with Crippen molar-refractivity contribution in [3.63, 3.8) is 0 Å². The van der Waals surface area contributed by atoms with Crippen LogP contribution in [0.4, 0.5) is 0 Å². The number of para-hydroxylation sites is 3. The van der Waals surface area contributed by atoms with E-state index in [4.69, 9.17) is 13.6 Å². The third kappa shape index (κ3) is 6.63. The van der Waals surface area contributed by atoms with Gasteiger partial charge in [0.05, 0.1) is 0 Å². The van der Waals surface area contributed by atoms with Crippen LogP contribution in [0, 0.1) is 20.8 Å². The third-order valence-corrected chi connectivity index (χ3v) is 6.07. The molecule has 0 spiro atoms. The van der Waals surface area contributed by atoms with Gasteiger partial charge in [-0.2, -0.15) is 4.57 Å². The van der Waals surface area contributed by atoms with E-state index in [-0.39, 0.29) is 5.91 Å². The predicted octanol–water partition coefficient (Wildman–Crippen LogP) is 6.15. The van der Waals surface area contributed by atoms with E-state index in [2.05, 4.69) is 5.32 Å². The summed E-state index contributed by atoms with van der Waals surface area (Å²) in [5.74, 6) is 1.57. The monoisotopic (exact) mass is 453 g/mol. The molecule has 0 saturated carbocycles. The van der Waals surface area contributed by atoms with Gasteiger partial charge in [0.15, 0.2) is 0 Å². The van der Waals surface area contributed by atoms with E-state index in [1.807, 2.05) is 75.4 Å². The van der Waals surface area contributed by atoms with Crippen LogP contribution >= 0.6 is 7.82 Å². The minimum Gasteiger partial charge on any atom is -0.386 e. The Morgan fingerprint density at radius 1 is 0.688 bits per heavy atom. The van der Waals surface area contributed by atoms with Crippen molar-refractivity contribution in [2.24, 2.45) is 0 Å². The molecule has 32 heavy (non-hydrogen) atoms. The molecule has 3 aromatic rings. The largest absolute Gasteiger partial charge is 0.647 e. The molecule has 1 N–H and O–H groups in total. The maximum atomic E-state index is 13.5. The topological polar surface area (TPSA) is 73.9 Å². The number of aryl methyl sites for hydroxylation is 3. The lowest BCUT2D eigenvalue weighted by Gasteiger charge is -2.21. The molecule has 1 aliphatic heterocycles. The van der Waals surface area contributed by atoms with Gasteiger partial charge >= 0.3 is 7.82 Å². The van der Waals surface area contributed by atoms with E-state index in [0.717, 1.165) is 36.1 Å². The molecule has 0 unspecified atom stereocenters. The minimum atomic E-state index is -3.97. The number of hydrogen-bond acceptors (Lipinski definition) is 5. The second kappa shape index (κ2) is 10.9. The third-order valence-electron chi connectivity index (χ3n) is 4.81. The zero-order valence-electron chi connectivity index (χ0n) is 18.5. The first kappa shape index (κ1) is 23.4. The molecule has 0 atom stereocenters. The van der Waals surface area contributed by atoms with E-state index in [1.165, 1.54) is 0 Å². The summed E-state index contributed by atoms with van der Waals surface area (Å²) in [7, 11) is -3.97. The summed E-state index contributed by atoms with van der Waals surface area (Å²) in [6.07, 6.45) is 1.76. The Labute approximate surface area is 189 Å². The number of rotatable bonds is 6. The maximum absolute atomic E-state index is 13.5. The Balaban J connectivity index is 0.000000416. The van der Waals surface area contributed by atoms with Gasteiger partial charge < -0.3 is 18.9 Å². The zero-order valence-corrected chi connectivity index (χ0v) is 19.4. The molecule has 0 bridgehead atoms. The van der Waals surface area contributed by atoms with Gasteiger partial charge in [-0.3, -0.25) is 4.79 Å². The molecule has 1 saturated heterocycles. The van der Waals surface area contributed by atoms with Crippen molar-refractivity contribution in [1.29, 1.82) is 0 Å². The number of hydrogen-bond donors (Lipinski definition) is 1. The number of amides is 1. The van der Waals surface area contributed by atoms with Crippen molar-refractivity contribution in [2.45, 2.75) is 33.6 Å². The van der Waals surface area contributed by atoms with Gasteiger partial charge in [0.1, 0.15) is 17.2 Å². The van der Waals surface area contributed by atoms with Crippen molar-refractivity contribution in [3.05, 3.63) is 89.5 Å². The first-order valence-electron chi connectivity index (χ1n) is 10.5. The summed E-state index contributed by atoms with van der Waals surface area (Å²) in [6.45, 7) is 6.52. The van der Waals surface area contributed by atoms with Crippen LogP contribution in [0.5, 0.6) is 17.2 Å². The summed E-state index contributed by atoms with van der Waals surface area (Å²) in [5, 5.41) is 2.68. The maximum Gasteiger partial charge on any atom is 0.647 e. The van der Waals surface area contributed by atoms with Gasteiger partial charge in [-0.15, -0.1) is 0 Å². The van der Waals surface area contributed by atoms with Gasteiger partial charge in [-0.05, 0) is 62.1 Å². The lowest BCUT2D eigenvalue weighted by Crippen LogP contribution is -2.12. The van der Waals surface area contributed by atoms with Crippen LogP contribution in [0.2, 0.25) is 0 Å². The summed E-state index contributed by atoms with van der Waals surface area (Å²) in [6, 6.07) is 22.0. The van der Waals surface area contributed by atoms with Crippen LogP contribution in [-0.4, -0.2) is 12.5 Å². The number of phosphoric acid groups is 1. The number of carbonyl (C=O) groups excluding carboxylic acids is 1. The molecular formula is C25H28NO5P. The van der Waals surface area contributed by atoms with E-state index in [0.29, 0.717) is 17.2 Å². The molecule has 6 nitrogen and oxygen atoms in total. The van der Waals surface area contributed by atoms with Gasteiger partial charge in [0.2, 0.25) is 5.91 Å². The van der Waals surface area contributed by atoms with Crippen LogP contribution in [0.15, 0.2) is 72.8 Å². The molecule has 0 aromatic heterocycles. The highest BCUT2D eigenvalue weighted by Gasteiger charge is 2.34. The van der Waals surface area contributed by atoms with Crippen LogP contribution < -0.4 is 18.9 Å². The fraction of sp³-hybridized carbons (Fsp3) is 0.240. The van der Waals surface area contributed by atoms with E-state index >= 15 is 0 Å². The quantitative estimate of drug-likeness (QED) is 0.453. The van der Waals surface area contributed by atoms with Gasteiger partial charge in [0.25, 0.3) is 0 Å². The fourth-order valence-corrected chi connectivity index (χ4v) is 4.41. The molecule has 0 aliphatic carbocycles. The molecule has 7 heteroatoms. The van der Waals surface area contributed by atoms with Crippen molar-refractivity contribution < 1.29 is 22.9 Å². The smallest absolute Gasteiger partial charge is 0.386 e. The normalized spacial score (nSPS) is 12.9. The number of nitrogens with one attached hydrogen (secondary N) is 1. The highest BCUT2D eigenvalue weighted by atomic mass is 31.2. The van der Waals surface area contributed by atoms with Crippen LogP contribution in [0.1, 0.15) is 29.5 Å². The average Bonchev–Trinajstić information content (AvgIpc) is 3.25. The van der Waals surface area contributed by atoms with E-state index < -0.39 is 7.82 Å². The summed E-state index contributed by atoms with van der Waals surface area (Å²) in [4.78, 5) is 10.1. The second-order valence-electron chi connectivity index (χ2n) is 7.47. The molecule has 1 fully saturated rings. The zero-order chi connectivity index (χ0) is 23.0. The standard InChI is InChI=1S/C21H21O4P.C4H7NO/c1-16-10-4-7-13-19(16)23-26(22,24-20-14-8-5-11-17(20)2)25-21-15-9-6-12-18(21)3;6-4-2-1-3-5-4/h4-15H,1-3H3;1-3H2,(H,5,6).